The molecule has 2 aromatic rings. The molecular formula is C16H24N4O. The SMILES string of the molecule is CCCNCc1cc(CN(CC)Cc2ccccn2)on1. The van der Waals surface area contributed by atoms with Gasteiger partial charge >= 0.3 is 0 Å². The molecule has 0 radical (unpaired) electrons. The fourth-order valence-electron chi connectivity index (χ4n) is 2.13. The topological polar surface area (TPSA) is 54.2 Å². The minimum Gasteiger partial charge on any atom is -0.360 e. The Hall–Kier alpha value is -1.72. The fourth-order valence-corrected chi connectivity index (χ4v) is 2.13. The van der Waals surface area contributed by atoms with Crippen LogP contribution in [0.15, 0.2) is 35.0 Å². The Balaban J connectivity index is 1.86. The van der Waals surface area contributed by atoms with E-state index in [4.69, 9.17) is 4.52 Å². The summed E-state index contributed by atoms with van der Waals surface area (Å²) >= 11 is 0. The highest BCUT2D eigenvalue weighted by Gasteiger charge is 2.10. The molecule has 0 saturated carbocycles. The molecule has 0 spiro atoms. The quantitative estimate of drug-likeness (QED) is 0.719. The minimum atomic E-state index is 0.758. The molecule has 2 rings (SSSR count). The van der Waals surface area contributed by atoms with E-state index in [1.54, 1.807) is 0 Å². The second-order valence-corrected chi connectivity index (χ2v) is 5.09. The third-order valence-corrected chi connectivity index (χ3v) is 3.28. The van der Waals surface area contributed by atoms with E-state index < -0.39 is 0 Å². The fraction of sp³-hybridized carbons (Fsp3) is 0.500. The number of nitrogens with zero attached hydrogens (tertiary/aromatic N) is 3. The van der Waals surface area contributed by atoms with Crippen molar-refractivity contribution in [2.45, 2.75) is 39.9 Å². The van der Waals surface area contributed by atoms with Crippen LogP contribution in [0.1, 0.15) is 37.4 Å². The first kappa shape index (κ1) is 15.7. The van der Waals surface area contributed by atoms with Crippen molar-refractivity contribution in [1.29, 1.82) is 0 Å². The second-order valence-electron chi connectivity index (χ2n) is 5.09. The first-order valence-electron chi connectivity index (χ1n) is 7.59. The molecular weight excluding hydrogens is 264 g/mol. The number of nitrogens with one attached hydrogen (secondary N) is 1. The van der Waals surface area contributed by atoms with Gasteiger partial charge in [0, 0.05) is 25.4 Å². The molecule has 0 aliphatic heterocycles. The van der Waals surface area contributed by atoms with Crippen LogP contribution in [0.3, 0.4) is 0 Å². The monoisotopic (exact) mass is 288 g/mol. The molecule has 0 aliphatic carbocycles. The van der Waals surface area contributed by atoms with E-state index in [0.717, 1.165) is 56.3 Å². The maximum atomic E-state index is 5.41. The van der Waals surface area contributed by atoms with Crippen LogP contribution >= 0.6 is 0 Å². The summed E-state index contributed by atoms with van der Waals surface area (Å²) in [6, 6.07) is 8.03. The summed E-state index contributed by atoms with van der Waals surface area (Å²) in [7, 11) is 0. The van der Waals surface area contributed by atoms with Gasteiger partial charge in [-0.1, -0.05) is 25.1 Å². The Morgan fingerprint density at radius 1 is 1.19 bits per heavy atom. The molecule has 0 amide bonds. The molecule has 5 heteroatoms. The average Bonchev–Trinajstić information content (AvgIpc) is 2.95. The summed E-state index contributed by atoms with van der Waals surface area (Å²) in [4.78, 5) is 6.65. The van der Waals surface area contributed by atoms with Crippen molar-refractivity contribution in [3.8, 4) is 0 Å². The van der Waals surface area contributed by atoms with Gasteiger partial charge in [-0.2, -0.15) is 0 Å². The molecule has 0 fully saturated rings. The summed E-state index contributed by atoms with van der Waals surface area (Å²) in [6.45, 7) is 8.59. The van der Waals surface area contributed by atoms with E-state index >= 15 is 0 Å². The van der Waals surface area contributed by atoms with Crippen LogP contribution in [0.5, 0.6) is 0 Å². The Morgan fingerprint density at radius 3 is 2.81 bits per heavy atom. The first-order valence-corrected chi connectivity index (χ1v) is 7.59. The predicted octanol–water partition coefficient (Wildman–Crippen LogP) is 2.59. The molecule has 2 aromatic heterocycles. The second kappa shape index (κ2) is 8.54. The molecule has 0 unspecified atom stereocenters. The predicted molar refractivity (Wildman–Crippen MR) is 82.5 cm³/mol. The lowest BCUT2D eigenvalue weighted by Gasteiger charge is -2.17. The zero-order valence-corrected chi connectivity index (χ0v) is 12.9. The minimum absolute atomic E-state index is 0.758. The highest BCUT2D eigenvalue weighted by atomic mass is 16.5. The van der Waals surface area contributed by atoms with Crippen LogP contribution < -0.4 is 5.32 Å². The highest BCUT2D eigenvalue weighted by molar-refractivity contribution is 5.06. The number of aromatic nitrogens is 2. The van der Waals surface area contributed by atoms with Crippen molar-refractivity contribution in [3.05, 3.63) is 47.6 Å². The van der Waals surface area contributed by atoms with E-state index in [9.17, 15) is 0 Å². The lowest BCUT2D eigenvalue weighted by atomic mass is 10.3. The molecule has 0 aromatic carbocycles. The molecule has 0 bridgehead atoms. The third kappa shape index (κ3) is 5.28. The maximum Gasteiger partial charge on any atom is 0.151 e. The molecule has 0 aliphatic rings. The average molecular weight is 288 g/mol. The Morgan fingerprint density at radius 2 is 2.10 bits per heavy atom. The van der Waals surface area contributed by atoms with Gasteiger partial charge in [-0.3, -0.25) is 9.88 Å². The van der Waals surface area contributed by atoms with Gasteiger partial charge in [0.25, 0.3) is 0 Å². The van der Waals surface area contributed by atoms with Crippen LogP contribution in [0.2, 0.25) is 0 Å². The van der Waals surface area contributed by atoms with E-state index in [1.807, 2.05) is 30.5 Å². The van der Waals surface area contributed by atoms with Crippen molar-refractivity contribution in [2.75, 3.05) is 13.1 Å². The summed E-state index contributed by atoms with van der Waals surface area (Å²) in [5, 5.41) is 7.43. The van der Waals surface area contributed by atoms with E-state index in [-0.39, 0.29) is 0 Å². The van der Waals surface area contributed by atoms with E-state index in [1.165, 1.54) is 0 Å². The van der Waals surface area contributed by atoms with Gasteiger partial charge in [0.2, 0.25) is 0 Å². The molecule has 1 N–H and O–H groups in total. The van der Waals surface area contributed by atoms with Gasteiger partial charge in [0.1, 0.15) is 0 Å². The van der Waals surface area contributed by atoms with E-state index in [0.29, 0.717) is 0 Å². The zero-order valence-electron chi connectivity index (χ0n) is 12.9. The van der Waals surface area contributed by atoms with Crippen molar-refractivity contribution < 1.29 is 4.52 Å². The Labute approximate surface area is 126 Å². The summed E-state index contributed by atoms with van der Waals surface area (Å²) in [5.41, 5.74) is 2.04. The standard InChI is InChI=1S/C16H24N4O/c1-3-8-17-11-15-10-16(21-19-15)13-20(4-2)12-14-7-5-6-9-18-14/h5-7,9-10,17H,3-4,8,11-13H2,1-2H3. The smallest absolute Gasteiger partial charge is 0.151 e. The van der Waals surface area contributed by atoms with Crippen molar-refractivity contribution in [3.63, 3.8) is 0 Å². The number of rotatable bonds is 9. The van der Waals surface area contributed by atoms with Gasteiger partial charge in [-0.25, -0.2) is 0 Å². The number of hydrogen-bond acceptors (Lipinski definition) is 5. The van der Waals surface area contributed by atoms with Gasteiger partial charge in [0.05, 0.1) is 17.9 Å². The molecule has 21 heavy (non-hydrogen) atoms. The molecule has 114 valence electrons. The van der Waals surface area contributed by atoms with Gasteiger partial charge in [-0.15, -0.1) is 0 Å². The molecule has 2 heterocycles. The normalized spacial score (nSPS) is 11.2. The summed E-state index contributed by atoms with van der Waals surface area (Å²) < 4.78 is 5.41. The first-order chi connectivity index (χ1) is 10.3. The van der Waals surface area contributed by atoms with Crippen LogP contribution in [0.25, 0.3) is 0 Å². The molecule has 0 atom stereocenters. The summed E-state index contributed by atoms with van der Waals surface area (Å²) in [5.74, 6) is 0.904. The van der Waals surface area contributed by atoms with Crippen molar-refractivity contribution in [1.82, 2.24) is 20.4 Å². The number of hydrogen-bond donors (Lipinski definition) is 1. The molecule has 5 nitrogen and oxygen atoms in total. The van der Waals surface area contributed by atoms with Crippen LogP contribution in [-0.2, 0) is 19.6 Å². The van der Waals surface area contributed by atoms with Crippen LogP contribution in [0.4, 0.5) is 0 Å². The zero-order chi connectivity index (χ0) is 14.9. The lowest BCUT2D eigenvalue weighted by molar-refractivity contribution is 0.231. The largest absolute Gasteiger partial charge is 0.360 e. The van der Waals surface area contributed by atoms with Gasteiger partial charge in [0.15, 0.2) is 5.76 Å². The van der Waals surface area contributed by atoms with Crippen LogP contribution in [0, 0.1) is 0 Å². The third-order valence-electron chi connectivity index (χ3n) is 3.28. The van der Waals surface area contributed by atoms with Crippen molar-refractivity contribution in [2.24, 2.45) is 0 Å². The van der Waals surface area contributed by atoms with Gasteiger partial charge < -0.3 is 9.84 Å². The van der Waals surface area contributed by atoms with Crippen LogP contribution in [-0.4, -0.2) is 28.1 Å². The maximum absolute atomic E-state index is 5.41. The van der Waals surface area contributed by atoms with Crippen molar-refractivity contribution >= 4 is 0 Å². The Kier molecular flexibility index (Phi) is 6.37. The number of pyridine rings is 1. The molecule has 0 saturated heterocycles. The Bertz CT molecular complexity index is 512. The lowest BCUT2D eigenvalue weighted by Crippen LogP contribution is -2.22. The highest BCUT2D eigenvalue weighted by Crippen LogP contribution is 2.10. The summed E-state index contributed by atoms with van der Waals surface area (Å²) in [6.07, 6.45) is 2.95. The van der Waals surface area contributed by atoms with Gasteiger partial charge in [-0.05, 0) is 31.6 Å². The van der Waals surface area contributed by atoms with E-state index in [2.05, 4.69) is 34.2 Å².